The zero-order valence-electron chi connectivity index (χ0n) is 14.2. The van der Waals surface area contributed by atoms with E-state index in [0.29, 0.717) is 5.11 Å². The molecule has 0 aliphatic heterocycles. The van der Waals surface area contributed by atoms with Gasteiger partial charge in [-0.3, -0.25) is 0 Å². The first-order chi connectivity index (χ1) is 12.2. The zero-order valence-corrected chi connectivity index (χ0v) is 15.0. The van der Waals surface area contributed by atoms with Crippen LogP contribution >= 0.6 is 12.2 Å². The maximum atomic E-state index is 5.40. The molecule has 4 nitrogen and oxygen atoms in total. The van der Waals surface area contributed by atoms with E-state index in [4.69, 9.17) is 12.2 Å². The highest BCUT2D eigenvalue weighted by Gasteiger charge is 2.07. The molecular formula is C20H22N4S. The summed E-state index contributed by atoms with van der Waals surface area (Å²) < 4.78 is 1.98. The predicted molar refractivity (Wildman–Crippen MR) is 106 cm³/mol. The van der Waals surface area contributed by atoms with Crippen LogP contribution in [0.4, 0.5) is 0 Å². The first-order valence-corrected chi connectivity index (χ1v) is 8.80. The Morgan fingerprint density at radius 3 is 2.56 bits per heavy atom. The Morgan fingerprint density at radius 1 is 1.12 bits per heavy atom. The van der Waals surface area contributed by atoms with Gasteiger partial charge in [-0.1, -0.05) is 42.5 Å². The summed E-state index contributed by atoms with van der Waals surface area (Å²) in [6, 6.07) is 18.9. The van der Waals surface area contributed by atoms with Crippen molar-refractivity contribution in [3.05, 3.63) is 84.4 Å². The summed E-state index contributed by atoms with van der Waals surface area (Å²) in [6.45, 7) is 2.93. The van der Waals surface area contributed by atoms with Crippen LogP contribution in [0.1, 0.15) is 24.1 Å². The van der Waals surface area contributed by atoms with E-state index in [-0.39, 0.29) is 6.04 Å². The Morgan fingerprint density at radius 2 is 1.88 bits per heavy atom. The third kappa shape index (κ3) is 4.90. The second-order valence-corrected chi connectivity index (χ2v) is 6.33. The SMILES string of the molecule is C[C@@H](NC(=S)NCCc1ccccc1)c1ccc(-n2ccnc2)cc1. The molecule has 128 valence electrons. The third-order valence-corrected chi connectivity index (χ3v) is 4.35. The Hall–Kier alpha value is -2.66. The van der Waals surface area contributed by atoms with E-state index < -0.39 is 0 Å². The van der Waals surface area contributed by atoms with Crippen molar-refractivity contribution in [2.24, 2.45) is 0 Å². The third-order valence-electron chi connectivity index (χ3n) is 4.09. The van der Waals surface area contributed by atoms with Gasteiger partial charge in [0.1, 0.15) is 0 Å². The molecule has 0 fully saturated rings. The molecule has 0 saturated carbocycles. The van der Waals surface area contributed by atoms with E-state index in [2.05, 4.69) is 71.1 Å². The van der Waals surface area contributed by atoms with Crippen LogP contribution in [0.15, 0.2) is 73.3 Å². The van der Waals surface area contributed by atoms with Crippen LogP contribution in [0.5, 0.6) is 0 Å². The summed E-state index contributed by atoms with van der Waals surface area (Å²) >= 11 is 5.40. The van der Waals surface area contributed by atoms with Crippen molar-refractivity contribution in [1.29, 1.82) is 0 Å². The van der Waals surface area contributed by atoms with E-state index in [1.807, 2.05) is 16.8 Å². The second kappa shape index (κ2) is 8.44. The maximum Gasteiger partial charge on any atom is 0.166 e. The Bertz CT molecular complexity index is 782. The van der Waals surface area contributed by atoms with Crippen LogP contribution in [-0.4, -0.2) is 21.2 Å². The highest BCUT2D eigenvalue weighted by atomic mass is 32.1. The lowest BCUT2D eigenvalue weighted by Gasteiger charge is -2.18. The minimum atomic E-state index is 0.147. The van der Waals surface area contributed by atoms with E-state index in [1.165, 1.54) is 11.1 Å². The van der Waals surface area contributed by atoms with Crippen molar-refractivity contribution in [3.63, 3.8) is 0 Å². The van der Waals surface area contributed by atoms with Crippen LogP contribution < -0.4 is 10.6 Å². The molecule has 0 unspecified atom stereocenters. The van der Waals surface area contributed by atoms with Gasteiger partial charge in [0.05, 0.1) is 12.4 Å². The molecule has 0 aliphatic rings. The van der Waals surface area contributed by atoms with Gasteiger partial charge in [-0.25, -0.2) is 4.98 Å². The number of rotatable bonds is 6. The quantitative estimate of drug-likeness (QED) is 0.666. The highest BCUT2D eigenvalue weighted by molar-refractivity contribution is 7.80. The summed E-state index contributed by atoms with van der Waals surface area (Å²) in [7, 11) is 0. The summed E-state index contributed by atoms with van der Waals surface area (Å²) in [4.78, 5) is 4.07. The lowest BCUT2D eigenvalue weighted by Crippen LogP contribution is -2.37. The van der Waals surface area contributed by atoms with E-state index >= 15 is 0 Å². The van der Waals surface area contributed by atoms with Gasteiger partial charge >= 0.3 is 0 Å². The molecule has 0 aliphatic carbocycles. The van der Waals surface area contributed by atoms with Crippen molar-refractivity contribution in [1.82, 2.24) is 20.2 Å². The highest BCUT2D eigenvalue weighted by Crippen LogP contribution is 2.15. The molecule has 1 heterocycles. The zero-order chi connectivity index (χ0) is 17.5. The van der Waals surface area contributed by atoms with Gasteiger partial charge in [-0.15, -0.1) is 0 Å². The van der Waals surface area contributed by atoms with Crippen molar-refractivity contribution < 1.29 is 0 Å². The second-order valence-electron chi connectivity index (χ2n) is 5.92. The molecule has 1 aromatic heterocycles. The van der Waals surface area contributed by atoms with Crippen molar-refractivity contribution in [2.75, 3.05) is 6.54 Å². The molecule has 2 N–H and O–H groups in total. The number of hydrogen-bond acceptors (Lipinski definition) is 2. The van der Waals surface area contributed by atoms with Crippen LogP contribution in [-0.2, 0) is 6.42 Å². The van der Waals surface area contributed by atoms with Gasteiger partial charge in [0.2, 0.25) is 0 Å². The molecule has 3 rings (SSSR count). The molecule has 0 bridgehead atoms. The van der Waals surface area contributed by atoms with Gasteiger partial charge in [-0.2, -0.15) is 0 Å². The van der Waals surface area contributed by atoms with Gasteiger partial charge in [0.15, 0.2) is 5.11 Å². The molecule has 2 aromatic carbocycles. The minimum absolute atomic E-state index is 0.147. The van der Waals surface area contributed by atoms with Crippen molar-refractivity contribution >= 4 is 17.3 Å². The first-order valence-electron chi connectivity index (χ1n) is 8.39. The lowest BCUT2D eigenvalue weighted by molar-refractivity contribution is 0.696. The van der Waals surface area contributed by atoms with Crippen molar-refractivity contribution in [3.8, 4) is 5.69 Å². The molecule has 3 aromatic rings. The monoisotopic (exact) mass is 350 g/mol. The van der Waals surface area contributed by atoms with E-state index in [9.17, 15) is 0 Å². The number of thiocarbonyl (C=S) groups is 1. The maximum absolute atomic E-state index is 5.40. The van der Waals surface area contributed by atoms with E-state index in [0.717, 1.165) is 18.7 Å². The molecule has 25 heavy (non-hydrogen) atoms. The lowest BCUT2D eigenvalue weighted by atomic mass is 10.1. The topological polar surface area (TPSA) is 41.9 Å². The number of aromatic nitrogens is 2. The first kappa shape index (κ1) is 17.2. The number of nitrogens with one attached hydrogen (secondary N) is 2. The number of nitrogens with zero attached hydrogens (tertiary/aromatic N) is 2. The standard InChI is InChI=1S/C20H22N4S/c1-16(18-7-9-19(10-8-18)24-14-13-21-15-24)23-20(25)22-12-11-17-5-3-2-4-6-17/h2-10,13-16H,11-12H2,1H3,(H2,22,23,25)/t16-/m1/s1. The summed E-state index contributed by atoms with van der Waals surface area (Å²) in [6.07, 6.45) is 6.46. The average molecular weight is 350 g/mol. The van der Waals surface area contributed by atoms with E-state index in [1.54, 1.807) is 12.5 Å². The van der Waals surface area contributed by atoms with Gasteiger partial charge in [0.25, 0.3) is 0 Å². The number of hydrogen-bond donors (Lipinski definition) is 2. The van der Waals surface area contributed by atoms with Gasteiger partial charge in [0, 0.05) is 24.6 Å². The largest absolute Gasteiger partial charge is 0.362 e. The molecule has 0 spiro atoms. The molecule has 0 saturated heterocycles. The fourth-order valence-corrected chi connectivity index (χ4v) is 2.92. The van der Waals surface area contributed by atoms with Crippen LogP contribution in [0.2, 0.25) is 0 Å². The molecule has 1 atom stereocenters. The summed E-state index contributed by atoms with van der Waals surface area (Å²) in [5, 5.41) is 7.29. The summed E-state index contributed by atoms with van der Waals surface area (Å²) in [5.41, 5.74) is 3.59. The van der Waals surface area contributed by atoms with Crippen molar-refractivity contribution in [2.45, 2.75) is 19.4 Å². The molecule has 5 heteroatoms. The molecule has 0 radical (unpaired) electrons. The number of imidazole rings is 1. The smallest absolute Gasteiger partial charge is 0.166 e. The van der Waals surface area contributed by atoms with Gasteiger partial charge < -0.3 is 15.2 Å². The van der Waals surface area contributed by atoms with Gasteiger partial charge in [-0.05, 0) is 48.8 Å². The fraction of sp³-hybridized carbons (Fsp3) is 0.200. The Balaban J connectivity index is 1.48. The van der Waals surface area contributed by atoms with Crippen LogP contribution in [0.25, 0.3) is 5.69 Å². The Labute approximate surface area is 153 Å². The molecule has 0 amide bonds. The average Bonchev–Trinajstić information content (AvgIpc) is 3.17. The summed E-state index contributed by atoms with van der Waals surface area (Å²) in [5.74, 6) is 0. The van der Waals surface area contributed by atoms with Crippen LogP contribution in [0.3, 0.4) is 0 Å². The normalized spacial score (nSPS) is 11.7. The number of benzene rings is 2. The fourth-order valence-electron chi connectivity index (χ4n) is 2.64. The minimum Gasteiger partial charge on any atom is -0.362 e. The molecular weight excluding hydrogens is 328 g/mol. The van der Waals surface area contributed by atoms with Crippen LogP contribution in [0, 0.1) is 0 Å². The predicted octanol–water partition coefficient (Wildman–Crippen LogP) is 3.64. The Kier molecular flexibility index (Phi) is 5.80.